The van der Waals surface area contributed by atoms with Gasteiger partial charge in [0.15, 0.2) is 10.3 Å². The quantitative estimate of drug-likeness (QED) is 0.248. The second-order valence-electron chi connectivity index (χ2n) is 6.91. The first-order chi connectivity index (χ1) is 15.9. The third kappa shape index (κ3) is 4.64. The summed E-state index contributed by atoms with van der Waals surface area (Å²) in [7, 11) is 0. The number of nitrogens with two attached hydrogens (primary N) is 2. The van der Waals surface area contributed by atoms with E-state index in [9.17, 15) is 17.6 Å². The topological polar surface area (TPSA) is 128 Å². The molecule has 34 heavy (non-hydrogen) atoms. The molecule has 2 heterocycles. The largest absolute Gasteiger partial charge is 0.460 e. The molecule has 0 amide bonds. The van der Waals surface area contributed by atoms with Gasteiger partial charge in [0.05, 0.1) is 12.4 Å². The molecule has 3 rings (SSSR count). The Morgan fingerprint density at radius 2 is 1.15 bits per heavy atom. The summed E-state index contributed by atoms with van der Waals surface area (Å²) >= 11 is 2.31. The number of nitrogens with zero attached hydrogens (tertiary/aromatic N) is 4. The number of aryl methyl sites for hydroxylation is 2. The third-order valence-electron chi connectivity index (χ3n) is 4.79. The van der Waals surface area contributed by atoms with Crippen LogP contribution in [-0.2, 0) is 0 Å². The Hall–Kier alpha value is -3.00. The van der Waals surface area contributed by atoms with Crippen molar-refractivity contribution in [1.29, 1.82) is 0 Å². The van der Waals surface area contributed by atoms with Crippen molar-refractivity contribution in [1.82, 2.24) is 0 Å². The van der Waals surface area contributed by atoms with Crippen molar-refractivity contribution in [3.05, 3.63) is 46.3 Å². The fourth-order valence-corrected chi connectivity index (χ4v) is 3.43. The van der Waals surface area contributed by atoms with E-state index in [0.29, 0.717) is 0 Å². The number of rotatable bonds is 6. The Balaban J connectivity index is 2.07. The van der Waals surface area contributed by atoms with Crippen LogP contribution in [0.3, 0.4) is 0 Å². The van der Waals surface area contributed by atoms with Gasteiger partial charge in [-0.05, 0) is 38.5 Å². The van der Waals surface area contributed by atoms with Crippen LogP contribution in [-0.4, -0.2) is 47.1 Å². The monoisotopic (exact) mass is 516 g/mol. The Labute approximate surface area is 200 Å². The molecule has 0 spiro atoms. The highest BCUT2D eigenvalue weighted by Gasteiger charge is 2.72. The van der Waals surface area contributed by atoms with Crippen molar-refractivity contribution < 1.29 is 26.4 Å². The van der Waals surface area contributed by atoms with Gasteiger partial charge >= 0.3 is 11.8 Å². The van der Waals surface area contributed by atoms with Crippen LogP contribution in [0.25, 0.3) is 11.1 Å². The molecule has 1 aliphatic rings. The summed E-state index contributed by atoms with van der Waals surface area (Å²) in [6.45, 7) is 2.77. The first-order valence-electron chi connectivity index (χ1n) is 9.47. The SMILES string of the molecule is CS/C(N)=N/N=C/c1cc(C2=C(c3cc(/C=N/N=C(\N)SC)oc3C)C(F)(F)C2(F)F)c(C)o1. The molecule has 0 aliphatic heterocycles. The summed E-state index contributed by atoms with van der Waals surface area (Å²) < 4.78 is 69.4. The smallest absolute Gasteiger partial charge is 0.340 e. The van der Waals surface area contributed by atoms with Gasteiger partial charge in [-0.2, -0.15) is 27.8 Å². The van der Waals surface area contributed by atoms with E-state index in [4.69, 9.17) is 20.3 Å². The third-order valence-corrected chi connectivity index (χ3v) is 5.79. The maximum atomic E-state index is 14.6. The van der Waals surface area contributed by atoms with E-state index < -0.39 is 23.0 Å². The Bertz CT molecular complexity index is 1150. The van der Waals surface area contributed by atoms with E-state index in [1.54, 1.807) is 12.5 Å². The van der Waals surface area contributed by atoms with Crippen molar-refractivity contribution in [2.24, 2.45) is 31.9 Å². The standard InChI is InChI=1S/C20H20F4N6O2S2/c1-9-13(5-11(31-9)7-27-29-17(25)33-3)15-16(20(23,24)19(15,21)22)14-6-12(32-10(14)2)8-28-30-18(26)34-4/h5-8H,1-4H3,(H2,25,29)(H2,26,30)/b27-7+,28-8+. The summed E-state index contributed by atoms with van der Waals surface area (Å²) in [6, 6.07) is 2.39. The van der Waals surface area contributed by atoms with Crippen molar-refractivity contribution in [2.45, 2.75) is 25.7 Å². The average molecular weight is 517 g/mol. The first-order valence-corrected chi connectivity index (χ1v) is 11.9. The van der Waals surface area contributed by atoms with Gasteiger partial charge in [0.1, 0.15) is 23.0 Å². The van der Waals surface area contributed by atoms with Crippen LogP contribution in [0, 0.1) is 13.8 Å². The highest BCUT2D eigenvalue weighted by Crippen LogP contribution is 2.64. The van der Waals surface area contributed by atoms with Gasteiger partial charge in [-0.3, -0.25) is 0 Å². The van der Waals surface area contributed by atoms with E-state index in [1.165, 1.54) is 26.0 Å². The molecule has 0 saturated carbocycles. The number of allylic oxidation sites excluding steroid dienone is 2. The second-order valence-corrected chi connectivity index (χ2v) is 8.56. The van der Waals surface area contributed by atoms with E-state index in [0.717, 1.165) is 36.0 Å². The Morgan fingerprint density at radius 3 is 1.47 bits per heavy atom. The molecule has 0 bridgehead atoms. The molecule has 0 saturated heterocycles. The highest BCUT2D eigenvalue weighted by atomic mass is 32.2. The van der Waals surface area contributed by atoms with Gasteiger partial charge in [-0.1, -0.05) is 23.5 Å². The Morgan fingerprint density at radius 1 is 0.794 bits per heavy atom. The van der Waals surface area contributed by atoms with Crippen molar-refractivity contribution in [3.8, 4) is 0 Å². The molecule has 1 aliphatic carbocycles. The molecule has 0 fully saturated rings. The van der Waals surface area contributed by atoms with Crippen LogP contribution in [0.15, 0.2) is 41.4 Å². The number of hydrogen-bond donors (Lipinski definition) is 2. The summed E-state index contributed by atoms with van der Waals surface area (Å²) in [5.74, 6) is -8.75. The fraction of sp³-hybridized carbons (Fsp3) is 0.300. The zero-order valence-electron chi connectivity index (χ0n) is 18.4. The molecular weight excluding hydrogens is 496 g/mol. The van der Waals surface area contributed by atoms with E-state index in [2.05, 4.69) is 20.4 Å². The minimum atomic E-state index is -4.43. The number of amidine groups is 2. The lowest BCUT2D eigenvalue weighted by molar-refractivity contribution is -0.149. The molecular formula is C20H20F4N6O2S2. The van der Waals surface area contributed by atoms with Gasteiger partial charge in [0.25, 0.3) is 0 Å². The predicted octanol–water partition coefficient (Wildman–Crippen LogP) is 4.71. The summed E-state index contributed by atoms with van der Waals surface area (Å²) in [4.78, 5) is 0. The Kier molecular flexibility index (Phi) is 7.31. The summed E-state index contributed by atoms with van der Waals surface area (Å²) in [5.41, 5.74) is 8.95. The fourth-order valence-electron chi connectivity index (χ4n) is 3.17. The first kappa shape index (κ1) is 25.6. The minimum absolute atomic E-state index is 0.00996. The molecule has 4 N–H and O–H groups in total. The van der Waals surface area contributed by atoms with Crippen LogP contribution in [0.1, 0.15) is 34.2 Å². The number of halogens is 4. The van der Waals surface area contributed by atoms with Crippen molar-refractivity contribution in [2.75, 3.05) is 12.5 Å². The molecule has 8 nitrogen and oxygen atoms in total. The zero-order chi connectivity index (χ0) is 25.3. The molecule has 182 valence electrons. The van der Waals surface area contributed by atoms with Crippen LogP contribution in [0.5, 0.6) is 0 Å². The van der Waals surface area contributed by atoms with Crippen molar-refractivity contribution in [3.63, 3.8) is 0 Å². The normalized spacial score (nSPS) is 18.4. The van der Waals surface area contributed by atoms with Crippen molar-refractivity contribution >= 4 is 57.4 Å². The number of furan rings is 2. The number of thioether (sulfide) groups is 2. The van der Waals surface area contributed by atoms with Gasteiger partial charge < -0.3 is 20.3 Å². The van der Waals surface area contributed by atoms with Gasteiger partial charge in [-0.15, -0.1) is 10.2 Å². The number of alkyl halides is 4. The second kappa shape index (κ2) is 9.70. The minimum Gasteiger partial charge on any atom is -0.460 e. The van der Waals surface area contributed by atoms with Gasteiger partial charge in [0, 0.05) is 22.3 Å². The van der Waals surface area contributed by atoms with Gasteiger partial charge in [0.2, 0.25) is 0 Å². The van der Waals surface area contributed by atoms with E-state index >= 15 is 0 Å². The lowest BCUT2D eigenvalue weighted by Gasteiger charge is -2.41. The van der Waals surface area contributed by atoms with E-state index in [1.807, 2.05) is 0 Å². The van der Waals surface area contributed by atoms with E-state index in [-0.39, 0.29) is 44.5 Å². The lowest BCUT2D eigenvalue weighted by atomic mass is 9.73. The van der Waals surface area contributed by atoms with Crippen LogP contribution < -0.4 is 11.5 Å². The molecule has 2 aromatic rings. The predicted molar refractivity (Wildman–Crippen MR) is 129 cm³/mol. The maximum absolute atomic E-state index is 14.6. The summed E-state index contributed by atoms with van der Waals surface area (Å²) in [6.07, 6.45) is 5.68. The summed E-state index contributed by atoms with van der Waals surface area (Å²) in [5, 5.41) is 15.1. The zero-order valence-corrected chi connectivity index (χ0v) is 20.0. The van der Waals surface area contributed by atoms with Crippen LogP contribution >= 0.6 is 23.5 Å². The average Bonchev–Trinajstić information content (AvgIpc) is 3.32. The molecule has 0 atom stereocenters. The molecule has 14 heteroatoms. The maximum Gasteiger partial charge on any atom is 0.340 e. The molecule has 0 radical (unpaired) electrons. The molecule has 0 aromatic carbocycles. The number of hydrogen-bond acceptors (Lipinski definition) is 8. The van der Waals surface area contributed by atoms with Crippen LogP contribution in [0.2, 0.25) is 0 Å². The molecule has 2 aromatic heterocycles. The molecule has 0 unspecified atom stereocenters. The highest BCUT2D eigenvalue weighted by molar-refractivity contribution is 8.13. The van der Waals surface area contributed by atoms with Gasteiger partial charge in [-0.25, -0.2) is 0 Å². The lowest BCUT2D eigenvalue weighted by Crippen LogP contribution is -2.51. The van der Waals surface area contributed by atoms with Crippen LogP contribution in [0.4, 0.5) is 17.6 Å².